The van der Waals surface area contributed by atoms with E-state index in [0.29, 0.717) is 26.2 Å². The fraction of sp³-hybridized carbons (Fsp3) is 0.105. The molecule has 1 saturated heterocycles. The molecule has 0 aromatic heterocycles. The number of benzene rings is 2. The van der Waals surface area contributed by atoms with Crippen molar-refractivity contribution in [1.82, 2.24) is 0 Å². The van der Waals surface area contributed by atoms with E-state index in [1.165, 1.54) is 23.8 Å². The van der Waals surface area contributed by atoms with E-state index >= 15 is 0 Å². The molecule has 1 aliphatic heterocycles. The van der Waals surface area contributed by atoms with E-state index in [9.17, 15) is 9.59 Å². The van der Waals surface area contributed by atoms with Gasteiger partial charge in [0.1, 0.15) is 5.75 Å². The second kappa shape index (κ2) is 7.72. The third-order valence-corrected chi connectivity index (χ3v) is 5.06. The molecule has 1 heterocycles. The first kappa shape index (κ1) is 18.2. The minimum atomic E-state index is -0.401. The Morgan fingerprint density at radius 3 is 2.31 bits per heavy atom. The maximum absolute atomic E-state index is 12.7. The van der Waals surface area contributed by atoms with Crippen molar-refractivity contribution in [3.8, 4) is 5.75 Å². The first-order chi connectivity index (χ1) is 12.5. The number of anilines is 1. The van der Waals surface area contributed by atoms with Gasteiger partial charge in [-0.1, -0.05) is 36.1 Å². The monoisotopic (exact) mass is 385 g/mol. The Morgan fingerprint density at radius 1 is 1.08 bits per heavy atom. The molecule has 132 valence electrons. The fourth-order valence-corrected chi connectivity index (χ4v) is 3.71. The number of hydrogen-bond acceptors (Lipinski definition) is 6. The van der Waals surface area contributed by atoms with Gasteiger partial charge in [0.25, 0.3) is 5.91 Å². The molecule has 1 amide bonds. The highest BCUT2D eigenvalue weighted by Gasteiger charge is 2.33. The molecule has 0 aliphatic carbocycles. The van der Waals surface area contributed by atoms with Crippen LogP contribution in [0.5, 0.6) is 5.75 Å². The number of carbonyl (C=O) groups excluding carboxylic acids is 2. The molecule has 2 aromatic rings. The summed E-state index contributed by atoms with van der Waals surface area (Å²) in [7, 11) is 2.92. The quantitative estimate of drug-likeness (QED) is 0.452. The number of nitrogens with zero attached hydrogens (tertiary/aromatic N) is 1. The van der Waals surface area contributed by atoms with Crippen molar-refractivity contribution in [2.75, 3.05) is 19.1 Å². The van der Waals surface area contributed by atoms with Gasteiger partial charge in [0, 0.05) is 0 Å². The molecule has 1 fully saturated rings. The van der Waals surface area contributed by atoms with Crippen LogP contribution in [-0.4, -0.2) is 30.4 Å². The van der Waals surface area contributed by atoms with Gasteiger partial charge < -0.3 is 9.47 Å². The van der Waals surface area contributed by atoms with E-state index in [-0.39, 0.29) is 5.91 Å². The SMILES string of the molecule is COC(=O)c1ccc(C=C2SC(=S)N(c3ccc(OC)cc3)C2=O)cc1. The summed E-state index contributed by atoms with van der Waals surface area (Å²) in [6.45, 7) is 0. The van der Waals surface area contributed by atoms with Crippen LogP contribution < -0.4 is 9.64 Å². The van der Waals surface area contributed by atoms with Gasteiger partial charge in [-0.2, -0.15) is 0 Å². The topological polar surface area (TPSA) is 55.8 Å². The van der Waals surface area contributed by atoms with Crippen LogP contribution >= 0.6 is 24.0 Å². The summed E-state index contributed by atoms with van der Waals surface area (Å²) in [6.07, 6.45) is 1.75. The molecule has 1 aliphatic rings. The molecule has 0 unspecified atom stereocenters. The maximum atomic E-state index is 12.7. The number of thiocarbonyl (C=S) groups is 1. The van der Waals surface area contributed by atoms with Gasteiger partial charge in [-0.05, 0) is 48.0 Å². The van der Waals surface area contributed by atoms with Crippen LogP contribution in [0.25, 0.3) is 6.08 Å². The van der Waals surface area contributed by atoms with Gasteiger partial charge in [0.05, 0.1) is 30.4 Å². The summed E-state index contributed by atoms with van der Waals surface area (Å²) in [6, 6.07) is 14.0. The summed E-state index contributed by atoms with van der Waals surface area (Å²) in [5.41, 5.74) is 1.95. The van der Waals surface area contributed by atoms with Crippen LogP contribution in [0.3, 0.4) is 0 Å². The fourth-order valence-electron chi connectivity index (χ4n) is 2.41. The summed E-state index contributed by atoms with van der Waals surface area (Å²) < 4.78 is 10.3. The van der Waals surface area contributed by atoms with Crippen molar-refractivity contribution in [3.05, 3.63) is 64.6 Å². The number of rotatable bonds is 4. The minimum absolute atomic E-state index is 0.179. The molecule has 0 N–H and O–H groups in total. The molecule has 0 atom stereocenters. The third kappa shape index (κ3) is 3.63. The summed E-state index contributed by atoms with van der Waals surface area (Å²) in [5, 5.41) is 0. The Labute approximate surface area is 160 Å². The zero-order valence-corrected chi connectivity index (χ0v) is 15.7. The summed E-state index contributed by atoms with van der Waals surface area (Å²) in [4.78, 5) is 26.2. The van der Waals surface area contributed by atoms with E-state index in [1.807, 2.05) is 0 Å². The lowest BCUT2D eigenvalue weighted by Gasteiger charge is -2.14. The third-order valence-electron chi connectivity index (χ3n) is 3.75. The molecule has 3 rings (SSSR count). The highest BCUT2D eigenvalue weighted by atomic mass is 32.2. The van der Waals surface area contributed by atoms with Gasteiger partial charge in [0.2, 0.25) is 0 Å². The lowest BCUT2D eigenvalue weighted by atomic mass is 10.1. The smallest absolute Gasteiger partial charge is 0.337 e. The highest BCUT2D eigenvalue weighted by molar-refractivity contribution is 8.27. The van der Waals surface area contributed by atoms with E-state index in [4.69, 9.17) is 17.0 Å². The molecule has 5 nitrogen and oxygen atoms in total. The van der Waals surface area contributed by atoms with Gasteiger partial charge in [-0.3, -0.25) is 9.69 Å². The number of carbonyl (C=O) groups is 2. The van der Waals surface area contributed by atoms with E-state index < -0.39 is 5.97 Å². The second-order valence-electron chi connectivity index (χ2n) is 5.33. The van der Waals surface area contributed by atoms with Crippen molar-refractivity contribution >= 4 is 51.9 Å². The summed E-state index contributed by atoms with van der Waals surface area (Å²) >= 11 is 6.60. The minimum Gasteiger partial charge on any atom is -0.497 e. The number of hydrogen-bond donors (Lipinski definition) is 0. The number of esters is 1. The Balaban J connectivity index is 1.83. The van der Waals surface area contributed by atoms with Gasteiger partial charge in [-0.25, -0.2) is 4.79 Å². The van der Waals surface area contributed by atoms with Gasteiger partial charge in [0.15, 0.2) is 4.32 Å². The summed E-state index contributed by atoms with van der Waals surface area (Å²) in [5.74, 6) is 0.130. The maximum Gasteiger partial charge on any atom is 0.337 e. The van der Waals surface area contributed by atoms with Crippen LogP contribution in [0, 0.1) is 0 Å². The van der Waals surface area contributed by atoms with Crippen LogP contribution in [-0.2, 0) is 9.53 Å². The van der Waals surface area contributed by atoms with E-state index in [2.05, 4.69) is 4.74 Å². The normalized spacial score (nSPS) is 15.5. The second-order valence-corrected chi connectivity index (χ2v) is 7.00. The highest BCUT2D eigenvalue weighted by Crippen LogP contribution is 2.36. The van der Waals surface area contributed by atoms with E-state index in [1.54, 1.807) is 61.7 Å². The molecule has 0 bridgehead atoms. The Bertz CT molecular complexity index is 889. The number of amides is 1. The average molecular weight is 385 g/mol. The molecule has 2 aromatic carbocycles. The van der Waals surface area contributed by atoms with E-state index in [0.717, 1.165) is 5.56 Å². The lowest BCUT2D eigenvalue weighted by molar-refractivity contribution is -0.113. The molecule has 0 radical (unpaired) electrons. The number of thioether (sulfide) groups is 1. The molecule has 0 saturated carbocycles. The lowest BCUT2D eigenvalue weighted by Crippen LogP contribution is -2.27. The Morgan fingerprint density at radius 2 is 1.73 bits per heavy atom. The Kier molecular flexibility index (Phi) is 5.39. The first-order valence-corrected chi connectivity index (χ1v) is 8.86. The molecular formula is C19H15NO4S2. The number of methoxy groups -OCH3 is 2. The van der Waals surface area contributed by atoms with Crippen molar-refractivity contribution in [1.29, 1.82) is 0 Å². The molecular weight excluding hydrogens is 370 g/mol. The van der Waals surface area contributed by atoms with Crippen LogP contribution in [0.4, 0.5) is 5.69 Å². The van der Waals surface area contributed by atoms with Gasteiger partial charge in [-0.15, -0.1) is 0 Å². The van der Waals surface area contributed by atoms with Crippen molar-refractivity contribution in [3.63, 3.8) is 0 Å². The average Bonchev–Trinajstić information content (AvgIpc) is 2.95. The van der Waals surface area contributed by atoms with Crippen LogP contribution in [0.2, 0.25) is 0 Å². The zero-order chi connectivity index (χ0) is 18.7. The zero-order valence-electron chi connectivity index (χ0n) is 14.1. The van der Waals surface area contributed by atoms with Crippen LogP contribution in [0.15, 0.2) is 53.4 Å². The first-order valence-electron chi connectivity index (χ1n) is 7.64. The predicted octanol–water partition coefficient (Wildman–Crippen LogP) is 3.89. The molecule has 7 heteroatoms. The molecule has 0 spiro atoms. The predicted molar refractivity (Wildman–Crippen MR) is 106 cm³/mol. The van der Waals surface area contributed by atoms with Crippen LogP contribution in [0.1, 0.15) is 15.9 Å². The standard InChI is InChI=1S/C19H15NO4S2/c1-23-15-9-7-14(8-10-15)20-17(21)16(26-19(20)25)11-12-3-5-13(6-4-12)18(22)24-2/h3-11H,1-2H3. The molecule has 26 heavy (non-hydrogen) atoms. The van der Waals surface area contributed by atoms with Gasteiger partial charge >= 0.3 is 5.97 Å². The van der Waals surface area contributed by atoms with Crippen molar-refractivity contribution in [2.24, 2.45) is 0 Å². The van der Waals surface area contributed by atoms with Crippen molar-refractivity contribution < 1.29 is 19.1 Å². The largest absolute Gasteiger partial charge is 0.497 e. The van der Waals surface area contributed by atoms with Crippen molar-refractivity contribution in [2.45, 2.75) is 0 Å². The Hall–Kier alpha value is -2.64. The number of ether oxygens (including phenoxy) is 2.